The molecule has 6 heteroatoms. The third kappa shape index (κ3) is 4.09. The van der Waals surface area contributed by atoms with Gasteiger partial charge in [-0.1, -0.05) is 17.7 Å². The molecule has 0 unspecified atom stereocenters. The molecular formula is C17H12ClFN2O2. The summed E-state index contributed by atoms with van der Waals surface area (Å²) >= 11 is 5.89. The molecule has 2 aromatic carbocycles. The minimum absolute atomic E-state index is 0.00408. The van der Waals surface area contributed by atoms with Gasteiger partial charge in [0.2, 0.25) is 0 Å². The molecule has 0 atom stereocenters. The van der Waals surface area contributed by atoms with Crippen molar-refractivity contribution in [3.8, 4) is 11.8 Å². The van der Waals surface area contributed by atoms with E-state index in [0.29, 0.717) is 11.4 Å². The Morgan fingerprint density at radius 1 is 1.30 bits per heavy atom. The second kappa shape index (κ2) is 7.43. The zero-order valence-electron chi connectivity index (χ0n) is 12.1. The lowest BCUT2D eigenvalue weighted by molar-refractivity contribution is -0.112. The predicted molar refractivity (Wildman–Crippen MR) is 86.6 cm³/mol. The smallest absolute Gasteiger partial charge is 0.266 e. The minimum Gasteiger partial charge on any atom is -0.497 e. The lowest BCUT2D eigenvalue weighted by Crippen LogP contribution is -2.13. The van der Waals surface area contributed by atoms with E-state index in [0.717, 1.165) is 6.08 Å². The zero-order valence-corrected chi connectivity index (χ0v) is 12.9. The molecule has 0 aliphatic heterocycles. The minimum atomic E-state index is -0.656. The molecule has 2 aromatic rings. The third-order valence-electron chi connectivity index (χ3n) is 3.00. The molecule has 0 heterocycles. The molecule has 23 heavy (non-hydrogen) atoms. The first-order chi connectivity index (χ1) is 11.0. The van der Waals surface area contributed by atoms with Crippen LogP contribution in [0.25, 0.3) is 6.08 Å². The van der Waals surface area contributed by atoms with Gasteiger partial charge < -0.3 is 10.1 Å². The fourth-order valence-corrected chi connectivity index (χ4v) is 2.03. The summed E-state index contributed by atoms with van der Waals surface area (Å²) in [6.07, 6.45) is 1.12. The van der Waals surface area contributed by atoms with Crippen LogP contribution in [0.1, 0.15) is 5.56 Å². The number of amides is 1. The van der Waals surface area contributed by atoms with Gasteiger partial charge in [0.25, 0.3) is 5.91 Å². The first-order valence-electron chi connectivity index (χ1n) is 6.56. The highest BCUT2D eigenvalue weighted by molar-refractivity contribution is 6.32. The van der Waals surface area contributed by atoms with Crippen molar-refractivity contribution in [3.63, 3.8) is 0 Å². The van der Waals surface area contributed by atoms with Crippen LogP contribution in [-0.2, 0) is 4.79 Å². The van der Waals surface area contributed by atoms with Gasteiger partial charge in [-0.05, 0) is 42.5 Å². The van der Waals surface area contributed by atoms with E-state index < -0.39 is 11.7 Å². The van der Waals surface area contributed by atoms with E-state index in [-0.39, 0.29) is 16.2 Å². The van der Waals surface area contributed by atoms with Crippen molar-refractivity contribution in [2.45, 2.75) is 0 Å². The van der Waals surface area contributed by atoms with Crippen molar-refractivity contribution >= 4 is 29.3 Å². The van der Waals surface area contributed by atoms with Crippen LogP contribution in [-0.4, -0.2) is 13.0 Å². The molecule has 0 bridgehead atoms. The standard InChI is InChI=1S/C17H12ClFN2O2/c1-23-13-7-5-12(6-8-13)21-17(22)11(10-20)9-14-15(18)3-2-4-16(14)19/h2-9H,1H3,(H,21,22). The number of anilines is 1. The Labute approximate surface area is 137 Å². The van der Waals surface area contributed by atoms with Gasteiger partial charge in [0.05, 0.1) is 12.1 Å². The molecule has 0 aliphatic carbocycles. The number of carbonyl (C=O) groups excluding carboxylic acids is 1. The van der Waals surface area contributed by atoms with Crippen LogP contribution in [0.3, 0.4) is 0 Å². The highest BCUT2D eigenvalue weighted by atomic mass is 35.5. The maximum absolute atomic E-state index is 13.7. The number of hydrogen-bond acceptors (Lipinski definition) is 3. The maximum atomic E-state index is 13.7. The zero-order chi connectivity index (χ0) is 16.8. The summed E-state index contributed by atoms with van der Waals surface area (Å²) in [5.74, 6) is -0.628. The van der Waals surface area contributed by atoms with Crippen LogP contribution in [0.4, 0.5) is 10.1 Å². The van der Waals surface area contributed by atoms with Gasteiger partial charge in [-0.3, -0.25) is 4.79 Å². The first kappa shape index (κ1) is 16.5. The number of nitriles is 1. The number of ether oxygens (including phenoxy) is 1. The van der Waals surface area contributed by atoms with Crippen molar-refractivity contribution in [2.75, 3.05) is 12.4 Å². The Hall–Kier alpha value is -2.84. The van der Waals surface area contributed by atoms with Gasteiger partial charge >= 0.3 is 0 Å². The van der Waals surface area contributed by atoms with Gasteiger partial charge in [-0.2, -0.15) is 5.26 Å². The maximum Gasteiger partial charge on any atom is 0.266 e. The molecule has 4 nitrogen and oxygen atoms in total. The van der Waals surface area contributed by atoms with Crippen molar-refractivity contribution in [2.24, 2.45) is 0 Å². The number of hydrogen-bond donors (Lipinski definition) is 1. The molecule has 0 radical (unpaired) electrons. The van der Waals surface area contributed by atoms with Gasteiger partial charge in [0.1, 0.15) is 23.2 Å². The second-order valence-electron chi connectivity index (χ2n) is 4.49. The highest BCUT2D eigenvalue weighted by Gasteiger charge is 2.12. The predicted octanol–water partition coefficient (Wildman–Crippen LogP) is 4.03. The van der Waals surface area contributed by atoms with E-state index in [1.165, 1.54) is 25.3 Å². The molecule has 0 saturated heterocycles. The van der Waals surface area contributed by atoms with Gasteiger partial charge in [-0.15, -0.1) is 0 Å². The molecule has 1 N–H and O–H groups in total. The Morgan fingerprint density at radius 3 is 2.57 bits per heavy atom. The molecule has 1 amide bonds. The van der Waals surface area contributed by atoms with Crippen LogP contribution in [0.15, 0.2) is 48.0 Å². The summed E-state index contributed by atoms with van der Waals surface area (Å²) in [6, 6.07) is 12.5. The van der Waals surface area contributed by atoms with Gasteiger partial charge in [-0.25, -0.2) is 4.39 Å². The molecule has 0 aliphatic rings. The number of carbonyl (C=O) groups is 1. The normalized spacial score (nSPS) is 10.8. The van der Waals surface area contributed by atoms with Gasteiger partial charge in [0.15, 0.2) is 0 Å². The van der Waals surface area contributed by atoms with Crippen LogP contribution in [0.5, 0.6) is 5.75 Å². The van der Waals surface area contributed by atoms with Crippen LogP contribution in [0, 0.1) is 17.1 Å². The number of halogens is 2. The Kier molecular flexibility index (Phi) is 5.34. The van der Waals surface area contributed by atoms with E-state index in [4.69, 9.17) is 21.6 Å². The quantitative estimate of drug-likeness (QED) is 0.680. The van der Waals surface area contributed by atoms with Crippen LogP contribution < -0.4 is 10.1 Å². The lowest BCUT2D eigenvalue weighted by Gasteiger charge is -2.06. The van der Waals surface area contributed by atoms with E-state index in [1.54, 1.807) is 30.3 Å². The number of methoxy groups -OCH3 is 1. The average Bonchev–Trinajstić information content (AvgIpc) is 2.55. The van der Waals surface area contributed by atoms with E-state index >= 15 is 0 Å². The Morgan fingerprint density at radius 2 is 2.00 bits per heavy atom. The highest BCUT2D eigenvalue weighted by Crippen LogP contribution is 2.22. The van der Waals surface area contributed by atoms with E-state index in [1.807, 2.05) is 0 Å². The van der Waals surface area contributed by atoms with Crippen LogP contribution in [0.2, 0.25) is 5.02 Å². The van der Waals surface area contributed by atoms with Gasteiger partial charge in [0, 0.05) is 11.3 Å². The van der Waals surface area contributed by atoms with E-state index in [2.05, 4.69) is 5.32 Å². The van der Waals surface area contributed by atoms with E-state index in [9.17, 15) is 9.18 Å². The molecule has 0 saturated carbocycles. The fourth-order valence-electron chi connectivity index (χ4n) is 1.81. The van der Waals surface area contributed by atoms with Crippen molar-refractivity contribution in [1.29, 1.82) is 5.26 Å². The largest absolute Gasteiger partial charge is 0.497 e. The summed E-state index contributed by atoms with van der Waals surface area (Å²) in [6.45, 7) is 0. The monoisotopic (exact) mass is 330 g/mol. The third-order valence-corrected chi connectivity index (χ3v) is 3.33. The number of nitrogens with zero attached hydrogens (tertiary/aromatic N) is 1. The SMILES string of the molecule is COc1ccc(NC(=O)C(C#N)=Cc2c(F)cccc2Cl)cc1. The molecule has 116 valence electrons. The lowest BCUT2D eigenvalue weighted by atomic mass is 10.1. The Bertz CT molecular complexity index is 775. The molecular weight excluding hydrogens is 319 g/mol. The molecule has 0 fully saturated rings. The van der Waals surface area contributed by atoms with Crippen molar-refractivity contribution in [3.05, 3.63) is 64.4 Å². The summed E-state index contributed by atoms with van der Waals surface area (Å²) in [5.41, 5.74) is 0.222. The summed E-state index contributed by atoms with van der Waals surface area (Å²) < 4.78 is 18.8. The second-order valence-corrected chi connectivity index (χ2v) is 4.89. The van der Waals surface area contributed by atoms with Crippen molar-refractivity contribution in [1.82, 2.24) is 0 Å². The topological polar surface area (TPSA) is 62.1 Å². The van der Waals surface area contributed by atoms with Crippen molar-refractivity contribution < 1.29 is 13.9 Å². The number of nitrogens with one attached hydrogen (secondary N) is 1. The molecule has 0 spiro atoms. The van der Waals surface area contributed by atoms with Crippen LogP contribution >= 0.6 is 11.6 Å². The summed E-state index contributed by atoms with van der Waals surface area (Å²) in [7, 11) is 1.53. The summed E-state index contributed by atoms with van der Waals surface area (Å²) in [5, 5.41) is 11.8. The average molecular weight is 331 g/mol. The number of rotatable bonds is 4. The molecule has 0 aromatic heterocycles. The number of benzene rings is 2. The first-order valence-corrected chi connectivity index (χ1v) is 6.94. The Balaban J connectivity index is 2.24. The summed E-state index contributed by atoms with van der Waals surface area (Å²) in [4.78, 5) is 12.1. The molecule has 2 rings (SSSR count). The fraction of sp³-hybridized carbons (Fsp3) is 0.0588.